The minimum Gasteiger partial charge on any atom is -0.481 e. The van der Waals surface area contributed by atoms with Crippen molar-refractivity contribution >= 4 is 34.6 Å². The summed E-state index contributed by atoms with van der Waals surface area (Å²) >= 11 is 0. The second kappa shape index (κ2) is 8.54. The van der Waals surface area contributed by atoms with Crippen molar-refractivity contribution < 1.29 is 51.6 Å². The fourth-order valence-electron chi connectivity index (χ4n) is 5.12. The van der Waals surface area contributed by atoms with Crippen molar-refractivity contribution in [2.45, 2.75) is 56.5 Å². The highest BCUT2D eigenvalue weighted by Crippen LogP contribution is 2.52. The number of nitrogens with zero attached hydrogens (tertiary/aromatic N) is 1. The third-order valence-corrected chi connectivity index (χ3v) is 7.59. The van der Waals surface area contributed by atoms with Crippen LogP contribution in [0.1, 0.15) is 37.9 Å². The summed E-state index contributed by atoms with van der Waals surface area (Å²) in [5.41, 5.74) is -1.50. The Morgan fingerprint density at radius 1 is 1.12 bits per heavy atom. The maximum atomic E-state index is 15.4. The number of cyclic esters (lactones) is 2. The molecule has 0 radical (unpaired) electrons. The van der Waals surface area contributed by atoms with Gasteiger partial charge in [-0.05, 0) is 56.5 Å². The lowest BCUT2D eigenvalue weighted by Gasteiger charge is -2.23. The van der Waals surface area contributed by atoms with Crippen LogP contribution in [0.2, 0.25) is 0 Å². The number of anilines is 1. The van der Waals surface area contributed by atoms with E-state index in [-0.39, 0.29) is 30.3 Å². The highest BCUT2D eigenvalue weighted by Gasteiger charge is 2.53. The molecule has 40 heavy (non-hydrogen) atoms. The first-order valence-corrected chi connectivity index (χ1v) is 12.4. The number of rotatable bonds is 7. The predicted octanol–water partition coefficient (Wildman–Crippen LogP) is 4.67. The van der Waals surface area contributed by atoms with Crippen LogP contribution in [-0.4, -0.2) is 46.7 Å². The van der Waals surface area contributed by atoms with Crippen LogP contribution in [0.15, 0.2) is 36.4 Å². The summed E-state index contributed by atoms with van der Waals surface area (Å²) in [4.78, 5) is 36.8. The maximum Gasteiger partial charge on any atom is 0.586 e. The number of ether oxygens (including phenoxy) is 4. The molecule has 2 aromatic carbocycles. The normalized spacial score (nSPS) is 20.2. The van der Waals surface area contributed by atoms with Gasteiger partial charge in [0, 0.05) is 17.1 Å². The van der Waals surface area contributed by atoms with Crippen LogP contribution < -0.4 is 14.8 Å². The van der Waals surface area contributed by atoms with E-state index in [0.29, 0.717) is 35.0 Å². The van der Waals surface area contributed by atoms with Gasteiger partial charge in [-0.15, -0.1) is 8.78 Å². The van der Waals surface area contributed by atoms with Crippen molar-refractivity contribution in [3.8, 4) is 11.5 Å². The number of fused-ring (bicyclic) bond motifs is 2. The zero-order chi connectivity index (χ0) is 28.6. The Morgan fingerprint density at radius 2 is 1.85 bits per heavy atom. The third-order valence-electron chi connectivity index (χ3n) is 7.59. The van der Waals surface area contributed by atoms with Crippen LogP contribution in [0.25, 0.3) is 10.9 Å². The molecule has 1 aromatic heterocycles. The maximum absolute atomic E-state index is 15.4. The first-order valence-electron chi connectivity index (χ1n) is 12.4. The number of aromatic nitrogens is 1. The first kappa shape index (κ1) is 25.8. The molecule has 6 rings (SSSR count). The van der Waals surface area contributed by atoms with Crippen molar-refractivity contribution in [3.05, 3.63) is 53.5 Å². The zero-order valence-electron chi connectivity index (χ0n) is 21.3. The summed E-state index contributed by atoms with van der Waals surface area (Å²) < 4.78 is 62.7. The Labute approximate surface area is 224 Å². The van der Waals surface area contributed by atoms with Gasteiger partial charge in [-0.25, -0.2) is 9.18 Å². The summed E-state index contributed by atoms with van der Waals surface area (Å²) in [6.45, 7) is 2.98. The van der Waals surface area contributed by atoms with Gasteiger partial charge in [0.1, 0.15) is 17.8 Å². The number of carboxylic acid groups (broad SMARTS) is 1. The number of hydrogen-bond acceptors (Lipinski definition) is 7. The minimum absolute atomic E-state index is 0.0265. The molecule has 2 fully saturated rings. The number of benzene rings is 2. The summed E-state index contributed by atoms with van der Waals surface area (Å²) in [7, 11) is 0. The van der Waals surface area contributed by atoms with Crippen LogP contribution in [0.5, 0.6) is 11.5 Å². The van der Waals surface area contributed by atoms with Crippen LogP contribution in [0.4, 0.5) is 23.7 Å². The van der Waals surface area contributed by atoms with Gasteiger partial charge < -0.3 is 33.9 Å². The molecule has 2 N–H and O–H groups in total. The van der Waals surface area contributed by atoms with E-state index in [0.717, 1.165) is 0 Å². The average molecular weight is 560 g/mol. The summed E-state index contributed by atoms with van der Waals surface area (Å²) in [5, 5.41) is 12.9. The quantitative estimate of drug-likeness (QED) is 0.400. The number of carbonyl (C=O) groups is 3. The fraction of sp³-hybridized carbons (Fsp3) is 0.370. The smallest absolute Gasteiger partial charge is 0.481 e. The van der Waals surface area contributed by atoms with E-state index in [1.165, 1.54) is 44.2 Å². The van der Waals surface area contributed by atoms with Gasteiger partial charge in [0.15, 0.2) is 17.6 Å². The molecule has 1 aliphatic carbocycles. The van der Waals surface area contributed by atoms with Gasteiger partial charge in [0.25, 0.3) is 0 Å². The molecule has 1 saturated heterocycles. The zero-order valence-corrected chi connectivity index (χ0v) is 21.3. The Kier molecular flexibility index (Phi) is 5.51. The molecule has 2 aliphatic heterocycles. The van der Waals surface area contributed by atoms with Gasteiger partial charge in [-0.1, -0.05) is 6.07 Å². The number of nitrogens with one attached hydrogen (secondary N) is 1. The number of amides is 1. The molecule has 1 atom stereocenters. The molecule has 0 spiro atoms. The molecule has 3 aromatic rings. The second-order valence-corrected chi connectivity index (χ2v) is 10.6. The number of halogens is 3. The van der Waals surface area contributed by atoms with E-state index in [2.05, 4.69) is 14.8 Å². The van der Waals surface area contributed by atoms with Gasteiger partial charge >= 0.3 is 18.4 Å². The van der Waals surface area contributed by atoms with Crippen LogP contribution in [0.3, 0.4) is 0 Å². The van der Waals surface area contributed by atoms with Gasteiger partial charge in [0.05, 0.1) is 23.2 Å². The fourth-order valence-corrected chi connectivity index (χ4v) is 5.12. The topological polar surface area (TPSA) is 125 Å². The van der Waals surface area contributed by atoms with Gasteiger partial charge in [-0.3, -0.25) is 9.59 Å². The summed E-state index contributed by atoms with van der Waals surface area (Å²) in [5.74, 6) is -2.77. The molecule has 13 heteroatoms. The lowest BCUT2D eigenvalue weighted by molar-refractivity contribution is -0.286. The third kappa shape index (κ3) is 4.16. The van der Waals surface area contributed by atoms with E-state index in [1.54, 1.807) is 10.6 Å². The highest BCUT2D eigenvalue weighted by atomic mass is 19.3. The lowest BCUT2D eigenvalue weighted by Crippen LogP contribution is -2.33. The number of aliphatic carboxylic acids is 1. The van der Waals surface area contributed by atoms with Crippen LogP contribution >= 0.6 is 0 Å². The Hall–Kier alpha value is -4.42. The van der Waals surface area contributed by atoms with Crippen molar-refractivity contribution in [2.75, 3.05) is 11.9 Å². The molecular weight excluding hydrogens is 537 g/mol. The lowest BCUT2D eigenvalue weighted by atomic mass is 9.89. The highest BCUT2D eigenvalue weighted by molar-refractivity contribution is 6.03. The largest absolute Gasteiger partial charge is 0.586 e. The number of hydrogen-bond donors (Lipinski definition) is 2. The Bertz CT molecular complexity index is 1590. The predicted molar refractivity (Wildman–Crippen MR) is 131 cm³/mol. The summed E-state index contributed by atoms with van der Waals surface area (Å²) in [6.07, 6.45) is -4.52. The average Bonchev–Trinajstić information content (AvgIpc) is 3.34. The molecule has 210 valence electrons. The monoisotopic (exact) mass is 560 g/mol. The van der Waals surface area contributed by atoms with Gasteiger partial charge in [0.2, 0.25) is 5.91 Å². The van der Waals surface area contributed by atoms with E-state index in [4.69, 9.17) is 9.47 Å². The minimum atomic E-state index is -3.80. The number of carbonyl (C=O) groups excluding carboxylic acids is 2. The summed E-state index contributed by atoms with van der Waals surface area (Å²) in [6, 6.07) is 8.27. The molecule has 3 heterocycles. The molecule has 1 amide bonds. The first-order chi connectivity index (χ1) is 18.8. The van der Waals surface area contributed by atoms with Gasteiger partial charge in [-0.2, -0.15) is 0 Å². The van der Waals surface area contributed by atoms with E-state index < -0.39 is 47.1 Å². The SMILES string of the molecule is CC(C)(C(=O)O)c1cc2cc(NC(=O)C3(c4ccc5c(c4)OC(F)(F)O5)CC3)c(F)cc2n1CC1COC(=O)O1. The van der Waals surface area contributed by atoms with E-state index in [9.17, 15) is 28.3 Å². The molecule has 1 unspecified atom stereocenters. The van der Waals surface area contributed by atoms with Crippen molar-refractivity contribution in [1.82, 2.24) is 4.57 Å². The van der Waals surface area contributed by atoms with Crippen LogP contribution in [-0.2, 0) is 36.4 Å². The molecular formula is C27H23F3N2O8. The number of alkyl halides is 2. The van der Waals surface area contributed by atoms with Crippen molar-refractivity contribution in [1.29, 1.82) is 0 Å². The second-order valence-electron chi connectivity index (χ2n) is 10.6. The molecule has 10 nitrogen and oxygen atoms in total. The number of carboxylic acids is 1. The Balaban J connectivity index is 1.32. The van der Waals surface area contributed by atoms with Crippen molar-refractivity contribution in [3.63, 3.8) is 0 Å². The van der Waals surface area contributed by atoms with Crippen LogP contribution in [0, 0.1) is 5.82 Å². The van der Waals surface area contributed by atoms with E-state index >= 15 is 4.39 Å². The molecule has 1 saturated carbocycles. The molecule has 3 aliphatic rings. The Morgan fingerprint density at radius 3 is 2.50 bits per heavy atom. The molecule has 0 bridgehead atoms. The van der Waals surface area contributed by atoms with Crippen molar-refractivity contribution in [2.24, 2.45) is 0 Å². The van der Waals surface area contributed by atoms with E-state index in [1.807, 2.05) is 0 Å². The standard InChI is InChI=1S/C27H23F3N2O8/c1-25(2,23(34)35)21-8-13-7-17(16(28)10-18(13)32(21)11-15-12-37-24(36)38-15)31-22(33)26(5-6-26)14-3-4-19-20(9-14)40-27(29,30)39-19/h3-4,7-10,15H,5-6,11-12H2,1-2H3,(H,31,33)(H,34,35).